The van der Waals surface area contributed by atoms with Crippen LogP contribution in [0.4, 0.5) is 0 Å². The maximum atomic E-state index is 3.78. The van der Waals surface area contributed by atoms with E-state index in [0.717, 1.165) is 24.1 Å². The molecule has 0 unspecified atom stereocenters. The number of hydrogen-bond donors (Lipinski definition) is 1. The molecule has 4 heteroatoms. The summed E-state index contributed by atoms with van der Waals surface area (Å²) in [4.78, 5) is 4.88. The highest BCUT2D eigenvalue weighted by Crippen LogP contribution is 1.98. The van der Waals surface area contributed by atoms with Crippen LogP contribution in [0.3, 0.4) is 0 Å². The van der Waals surface area contributed by atoms with E-state index < -0.39 is 0 Å². The smallest absolute Gasteiger partial charge is 0.0266 e. The Bertz CT molecular complexity index is 176. The van der Waals surface area contributed by atoms with Crippen LogP contribution in [0.15, 0.2) is 11.1 Å². The molecule has 3 nitrogen and oxygen atoms in total. The van der Waals surface area contributed by atoms with E-state index in [9.17, 15) is 0 Å². The lowest BCUT2D eigenvalue weighted by atomic mass is 10.3. The third-order valence-electron chi connectivity index (χ3n) is 2.52. The van der Waals surface area contributed by atoms with Crippen LogP contribution >= 0.6 is 15.9 Å². The monoisotopic (exact) mass is 261 g/mol. The predicted molar refractivity (Wildman–Crippen MR) is 64.9 cm³/mol. The Morgan fingerprint density at radius 3 is 2.57 bits per heavy atom. The molecule has 1 aliphatic heterocycles. The summed E-state index contributed by atoms with van der Waals surface area (Å²) < 4.78 is 1.02. The molecule has 0 atom stereocenters. The molecule has 0 spiro atoms. The van der Waals surface area contributed by atoms with Crippen LogP contribution in [0, 0.1) is 0 Å². The van der Waals surface area contributed by atoms with Gasteiger partial charge in [0.05, 0.1) is 0 Å². The van der Waals surface area contributed by atoms with Crippen molar-refractivity contribution in [3.05, 3.63) is 11.1 Å². The zero-order valence-electron chi connectivity index (χ0n) is 8.93. The molecular formula is C10H20BrN3. The number of hydrogen-bond acceptors (Lipinski definition) is 3. The molecule has 82 valence electrons. The average Bonchev–Trinajstić information content (AvgIpc) is 2.15. The summed E-state index contributed by atoms with van der Waals surface area (Å²) in [6.07, 6.45) is 0. The van der Waals surface area contributed by atoms with E-state index in [1.807, 2.05) is 0 Å². The Morgan fingerprint density at radius 1 is 1.36 bits per heavy atom. The van der Waals surface area contributed by atoms with Crippen molar-refractivity contribution in [2.45, 2.75) is 0 Å². The molecule has 0 saturated carbocycles. The maximum Gasteiger partial charge on any atom is 0.0266 e. The van der Waals surface area contributed by atoms with E-state index in [4.69, 9.17) is 0 Å². The lowest BCUT2D eigenvalue weighted by Gasteiger charge is -2.32. The third-order valence-corrected chi connectivity index (χ3v) is 2.80. The molecule has 0 aromatic rings. The average molecular weight is 262 g/mol. The summed E-state index contributed by atoms with van der Waals surface area (Å²) in [6.45, 7) is 11.7. The van der Waals surface area contributed by atoms with Gasteiger partial charge in [-0.1, -0.05) is 22.5 Å². The highest BCUT2D eigenvalue weighted by molar-refractivity contribution is 9.11. The lowest BCUT2D eigenvalue weighted by Crippen LogP contribution is -2.46. The minimum absolute atomic E-state index is 0.869. The van der Waals surface area contributed by atoms with Gasteiger partial charge in [0.25, 0.3) is 0 Å². The number of halogens is 1. The molecular weight excluding hydrogens is 242 g/mol. The van der Waals surface area contributed by atoms with Gasteiger partial charge in [0.2, 0.25) is 0 Å². The molecule has 0 amide bonds. The summed E-state index contributed by atoms with van der Waals surface area (Å²) in [5.74, 6) is 0. The van der Waals surface area contributed by atoms with Gasteiger partial charge in [-0.2, -0.15) is 0 Å². The fourth-order valence-corrected chi connectivity index (χ4v) is 1.73. The van der Waals surface area contributed by atoms with Crippen LogP contribution in [0.1, 0.15) is 0 Å². The zero-order chi connectivity index (χ0) is 10.4. The van der Waals surface area contributed by atoms with Crippen LogP contribution in [-0.2, 0) is 0 Å². The molecule has 0 aliphatic carbocycles. The molecule has 0 aromatic heterocycles. The van der Waals surface area contributed by atoms with E-state index in [1.54, 1.807) is 0 Å². The van der Waals surface area contributed by atoms with Crippen LogP contribution in [-0.4, -0.2) is 62.7 Å². The first-order valence-corrected chi connectivity index (χ1v) is 5.92. The summed E-state index contributed by atoms with van der Waals surface area (Å²) in [7, 11) is 2.18. The Kier molecular flexibility index (Phi) is 5.70. The number of piperazine rings is 1. The van der Waals surface area contributed by atoms with Crippen LogP contribution in [0.25, 0.3) is 0 Å². The standard InChI is InChI=1S/C10H20BrN3/c1-10(11)9-12-3-4-14-7-5-13(2)6-8-14/h12H,1,3-9H2,2H3. The van der Waals surface area contributed by atoms with Gasteiger partial charge in [0.15, 0.2) is 0 Å². The largest absolute Gasteiger partial charge is 0.311 e. The second kappa shape index (κ2) is 6.56. The Labute approximate surface area is 95.3 Å². The van der Waals surface area contributed by atoms with Crippen LogP contribution in [0.5, 0.6) is 0 Å². The van der Waals surface area contributed by atoms with Gasteiger partial charge >= 0.3 is 0 Å². The van der Waals surface area contributed by atoms with Crippen molar-refractivity contribution in [3.63, 3.8) is 0 Å². The highest BCUT2D eigenvalue weighted by atomic mass is 79.9. The first kappa shape index (κ1) is 12.2. The molecule has 14 heavy (non-hydrogen) atoms. The van der Waals surface area contributed by atoms with Crippen molar-refractivity contribution < 1.29 is 0 Å². The van der Waals surface area contributed by atoms with Crippen molar-refractivity contribution in [1.29, 1.82) is 0 Å². The molecule has 0 radical (unpaired) electrons. The summed E-state index contributed by atoms with van der Waals surface area (Å²) in [5, 5.41) is 3.34. The van der Waals surface area contributed by atoms with E-state index in [-0.39, 0.29) is 0 Å². The summed E-state index contributed by atoms with van der Waals surface area (Å²) in [5.41, 5.74) is 0. The summed E-state index contributed by atoms with van der Waals surface area (Å²) >= 11 is 3.33. The first-order valence-electron chi connectivity index (χ1n) is 5.13. The third kappa shape index (κ3) is 5.10. The quantitative estimate of drug-likeness (QED) is 0.737. The van der Waals surface area contributed by atoms with Gasteiger partial charge in [-0.05, 0) is 7.05 Å². The minimum atomic E-state index is 0.869. The molecule has 1 saturated heterocycles. The number of nitrogens with one attached hydrogen (secondary N) is 1. The number of nitrogens with zero attached hydrogens (tertiary/aromatic N) is 2. The topological polar surface area (TPSA) is 18.5 Å². The van der Waals surface area contributed by atoms with Gasteiger partial charge in [-0.25, -0.2) is 0 Å². The molecule has 0 aromatic carbocycles. The second-order valence-corrected chi connectivity index (χ2v) is 4.96. The van der Waals surface area contributed by atoms with Gasteiger partial charge in [-0.15, -0.1) is 0 Å². The molecule has 1 aliphatic rings. The Balaban J connectivity index is 1.99. The molecule has 0 bridgehead atoms. The molecule has 1 fully saturated rings. The van der Waals surface area contributed by atoms with E-state index in [2.05, 4.69) is 44.7 Å². The number of likely N-dealkylation sites (N-methyl/N-ethyl adjacent to an activating group) is 1. The second-order valence-electron chi connectivity index (χ2n) is 3.84. The van der Waals surface area contributed by atoms with Gasteiger partial charge in [0, 0.05) is 50.3 Å². The SMILES string of the molecule is C=C(Br)CNCCN1CCN(C)CC1. The fraction of sp³-hybridized carbons (Fsp3) is 0.800. The first-order chi connectivity index (χ1) is 6.68. The van der Waals surface area contributed by atoms with E-state index >= 15 is 0 Å². The minimum Gasteiger partial charge on any atom is -0.311 e. The normalized spacial score (nSPS) is 19.9. The maximum absolute atomic E-state index is 3.78. The lowest BCUT2D eigenvalue weighted by molar-refractivity contribution is 0.155. The molecule has 1 N–H and O–H groups in total. The van der Waals surface area contributed by atoms with Crippen LogP contribution in [0.2, 0.25) is 0 Å². The number of rotatable bonds is 5. The van der Waals surface area contributed by atoms with Crippen molar-refractivity contribution in [2.24, 2.45) is 0 Å². The zero-order valence-corrected chi connectivity index (χ0v) is 10.5. The van der Waals surface area contributed by atoms with Gasteiger partial charge in [0.1, 0.15) is 0 Å². The van der Waals surface area contributed by atoms with Gasteiger partial charge < -0.3 is 10.2 Å². The van der Waals surface area contributed by atoms with Crippen molar-refractivity contribution in [3.8, 4) is 0 Å². The summed E-state index contributed by atoms with van der Waals surface area (Å²) in [6, 6.07) is 0. The van der Waals surface area contributed by atoms with Crippen molar-refractivity contribution in [2.75, 3.05) is 52.9 Å². The highest BCUT2D eigenvalue weighted by Gasteiger charge is 2.12. The van der Waals surface area contributed by atoms with Crippen molar-refractivity contribution in [1.82, 2.24) is 15.1 Å². The predicted octanol–water partition coefficient (Wildman–Crippen LogP) is 0.732. The van der Waals surface area contributed by atoms with E-state index in [1.165, 1.54) is 26.2 Å². The van der Waals surface area contributed by atoms with E-state index in [0.29, 0.717) is 0 Å². The fourth-order valence-electron chi connectivity index (χ4n) is 1.53. The van der Waals surface area contributed by atoms with Crippen LogP contribution < -0.4 is 5.32 Å². The van der Waals surface area contributed by atoms with Gasteiger partial charge in [-0.3, -0.25) is 4.90 Å². The molecule has 1 rings (SSSR count). The molecule has 1 heterocycles. The Hall–Kier alpha value is 0.1000. The Morgan fingerprint density at radius 2 is 2.00 bits per heavy atom. The van der Waals surface area contributed by atoms with Crippen molar-refractivity contribution >= 4 is 15.9 Å².